The summed E-state index contributed by atoms with van der Waals surface area (Å²) in [4.78, 5) is 24.3. The van der Waals surface area contributed by atoms with Crippen molar-refractivity contribution in [2.75, 3.05) is 6.54 Å². The van der Waals surface area contributed by atoms with Crippen molar-refractivity contribution in [2.45, 2.75) is 51.5 Å². The number of carbonyl (C=O) groups excluding carboxylic acids is 1. The van der Waals surface area contributed by atoms with E-state index in [4.69, 9.17) is 4.52 Å². The molecule has 1 aliphatic carbocycles. The predicted octanol–water partition coefficient (Wildman–Crippen LogP) is 3.00. The average Bonchev–Trinajstić information content (AvgIpc) is 2.92. The van der Waals surface area contributed by atoms with Crippen LogP contribution in [0.15, 0.2) is 4.52 Å². The number of rotatable bonds is 3. The van der Waals surface area contributed by atoms with E-state index in [-0.39, 0.29) is 11.9 Å². The summed E-state index contributed by atoms with van der Waals surface area (Å²) >= 11 is 1.46. The zero-order valence-electron chi connectivity index (χ0n) is 12.7. The molecule has 22 heavy (non-hydrogen) atoms. The summed E-state index contributed by atoms with van der Waals surface area (Å²) in [5.74, 6) is 1.88. The molecule has 4 rings (SSSR count). The number of nitrogens with zero attached hydrogens (tertiary/aromatic N) is 4. The molecule has 1 amide bonds. The zero-order valence-corrected chi connectivity index (χ0v) is 13.5. The van der Waals surface area contributed by atoms with Crippen molar-refractivity contribution >= 4 is 17.2 Å². The molecule has 2 aromatic heterocycles. The normalized spacial score (nSPS) is 21.5. The van der Waals surface area contributed by atoms with Crippen molar-refractivity contribution in [3.05, 3.63) is 27.3 Å². The Morgan fingerprint density at radius 3 is 2.77 bits per heavy atom. The Morgan fingerprint density at radius 2 is 2.09 bits per heavy atom. The van der Waals surface area contributed by atoms with E-state index in [1.807, 2.05) is 18.7 Å². The minimum absolute atomic E-state index is 0.0448. The van der Waals surface area contributed by atoms with Gasteiger partial charge in [0, 0.05) is 12.5 Å². The van der Waals surface area contributed by atoms with Gasteiger partial charge >= 0.3 is 0 Å². The first-order valence-corrected chi connectivity index (χ1v) is 8.53. The van der Waals surface area contributed by atoms with Crippen molar-refractivity contribution < 1.29 is 9.32 Å². The summed E-state index contributed by atoms with van der Waals surface area (Å²) in [6.45, 7) is 4.56. The van der Waals surface area contributed by atoms with Gasteiger partial charge in [-0.05, 0) is 39.5 Å². The molecule has 2 fully saturated rings. The highest BCUT2D eigenvalue weighted by molar-refractivity contribution is 7.13. The van der Waals surface area contributed by atoms with Crippen molar-refractivity contribution in [3.8, 4) is 0 Å². The van der Waals surface area contributed by atoms with Crippen LogP contribution >= 0.6 is 11.3 Å². The fraction of sp³-hybridized carbons (Fsp3) is 0.600. The second kappa shape index (κ2) is 5.15. The van der Waals surface area contributed by atoms with E-state index >= 15 is 0 Å². The van der Waals surface area contributed by atoms with E-state index in [0.717, 1.165) is 53.7 Å². The maximum atomic E-state index is 12.8. The number of likely N-dealkylation sites (tertiary alicyclic amines) is 1. The third kappa shape index (κ3) is 2.33. The van der Waals surface area contributed by atoms with Gasteiger partial charge in [-0.3, -0.25) is 4.79 Å². The second-order valence-corrected chi connectivity index (χ2v) is 7.27. The van der Waals surface area contributed by atoms with Gasteiger partial charge in [-0.1, -0.05) is 5.16 Å². The molecule has 1 aliphatic heterocycles. The summed E-state index contributed by atoms with van der Waals surface area (Å²) < 4.78 is 5.35. The van der Waals surface area contributed by atoms with Crippen LogP contribution in [-0.4, -0.2) is 32.5 Å². The summed E-state index contributed by atoms with van der Waals surface area (Å²) in [6, 6.07) is -0.0643. The molecule has 7 heteroatoms. The van der Waals surface area contributed by atoms with Crippen LogP contribution in [0.25, 0.3) is 0 Å². The van der Waals surface area contributed by atoms with Gasteiger partial charge in [0.05, 0.1) is 16.7 Å². The van der Waals surface area contributed by atoms with Gasteiger partial charge in [0.1, 0.15) is 4.88 Å². The van der Waals surface area contributed by atoms with E-state index in [9.17, 15) is 4.79 Å². The lowest BCUT2D eigenvalue weighted by Gasteiger charge is -2.21. The van der Waals surface area contributed by atoms with Gasteiger partial charge in [0.15, 0.2) is 5.82 Å². The number of amides is 1. The van der Waals surface area contributed by atoms with Gasteiger partial charge in [-0.2, -0.15) is 4.98 Å². The fourth-order valence-electron chi connectivity index (χ4n) is 3.02. The van der Waals surface area contributed by atoms with Crippen LogP contribution in [0.5, 0.6) is 0 Å². The number of aromatic nitrogens is 3. The first-order valence-electron chi connectivity index (χ1n) is 7.72. The van der Waals surface area contributed by atoms with E-state index in [1.54, 1.807) is 0 Å². The largest absolute Gasteiger partial charge is 0.339 e. The molecule has 2 aromatic rings. The Labute approximate surface area is 132 Å². The van der Waals surface area contributed by atoms with Gasteiger partial charge in [-0.15, -0.1) is 11.3 Å². The Hall–Kier alpha value is -1.76. The number of thiazole rings is 1. The monoisotopic (exact) mass is 318 g/mol. The molecule has 0 radical (unpaired) electrons. The number of carbonyl (C=O) groups is 1. The van der Waals surface area contributed by atoms with Gasteiger partial charge < -0.3 is 9.42 Å². The Kier molecular flexibility index (Phi) is 3.25. The van der Waals surface area contributed by atoms with Crippen molar-refractivity contribution in [2.24, 2.45) is 0 Å². The summed E-state index contributed by atoms with van der Waals surface area (Å²) in [7, 11) is 0. The van der Waals surface area contributed by atoms with Crippen LogP contribution in [0.2, 0.25) is 0 Å². The summed E-state index contributed by atoms with van der Waals surface area (Å²) in [5, 5.41) is 5.04. The first-order chi connectivity index (χ1) is 10.6. The molecule has 2 aliphatic rings. The van der Waals surface area contributed by atoms with Crippen molar-refractivity contribution in [3.63, 3.8) is 0 Å². The first kappa shape index (κ1) is 13.9. The number of hydrogen-bond acceptors (Lipinski definition) is 6. The Balaban J connectivity index is 1.59. The van der Waals surface area contributed by atoms with Crippen LogP contribution in [-0.2, 0) is 0 Å². The van der Waals surface area contributed by atoms with Crippen molar-refractivity contribution in [1.82, 2.24) is 20.0 Å². The lowest BCUT2D eigenvalue weighted by Crippen LogP contribution is -2.31. The highest BCUT2D eigenvalue weighted by Crippen LogP contribution is 2.40. The molecule has 6 nitrogen and oxygen atoms in total. The molecule has 1 saturated carbocycles. The molecule has 1 saturated heterocycles. The number of aryl methyl sites for hydroxylation is 2. The maximum absolute atomic E-state index is 12.8. The quantitative estimate of drug-likeness (QED) is 0.870. The molecule has 116 valence electrons. The predicted molar refractivity (Wildman–Crippen MR) is 80.9 cm³/mol. The molecule has 0 unspecified atom stereocenters. The average molecular weight is 318 g/mol. The third-order valence-electron chi connectivity index (χ3n) is 4.29. The SMILES string of the molecule is Cc1nc(C)c(C(=O)N2CCC[C@@H]2c2noc(C3CC3)n2)s1. The minimum Gasteiger partial charge on any atom is -0.339 e. The number of hydrogen-bond donors (Lipinski definition) is 0. The molecular weight excluding hydrogens is 300 g/mol. The zero-order chi connectivity index (χ0) is 15.3. The highest BCUT2D eigenvalue weighted by Gasteiger charge is 2.37. The molecule has 3 heterocycles. The van der Waals surface area contributed by atoms with E-state index in [0.29, 0.717) is 11.7 Å². The van der Waals surface area contributed by atoms with Gasteiger partial charge in [-0.25, -0.2) is 4.98 Å². The maximum Gasteiger partial charge on any atom is 0.266 e. The summed E-state index contributed by atoms with van der Waals surface area (Å²) in [6.07, 6.45) is 4.13. The molecule has 0 bridgehead atoms. The van der Waals surface area contributed by atoms with Crippen LogP contribution in [0.3, 0.4) is 0 Å². The summed E-state index contributed by atoms with van der Waals surface area (Å²) in [5.41, 5.74) is 0.810. The van der Waals surface area contributed by atoms with Gasteiger partial charge in [0.2, 0.25) is 5.89 Å². The van der Waals surface area contributed by atoms with E-state index in [1.165, 1.54) is 11.3 Å². The van der Waals surface area contributed by atoms with Crippen LogP contribution < -0.4 is 0 Å². The second-order valence-electron chi connectivity index (χ2n) is 6.07. The topological polar surface area (TPSA) is 72.1 Å². The minimum atomic E-state index is -0.0643. The molecular formula is C15H18N4O2S. The van der Waals surface area contributed by atoms with Crippen LogP contribution in [0.1, 0.15) is 69.7 Å². The molecule has 1 atom stereocenters. The Bertz CT molecular complexity index is 719. The van der Waals surface area contributed by atoms with Crippen LogP contribution in [0, 0.1) is 13.8 Å². The third-order valence-corrected chi connectivity index (χ3v) is 5.35. The molecule has 0 N–H and O–H groups in total. The van der Waals surface area contributed by atoms with E-state index < -0.39 is 0 Å². The molecule has 0 spiro atoms. The lowest BCUT2D eigenvalue weighted by atomic mass is 10.2. The van der Waals surface area contributed by atoms with Crippen LogP contribution in [0.4, 0.5) is 0 Å². The standard InChI is InChI=1S/C15H18N4O2S/c1-8-12(22-9(2)16-8)15(20)19-7-3-4-11(19)13-17-14(21-18-13)10-5-6-10/h10-11H,3-7H2,1-2H3/t11-/m1/s1. The van der Waals surface area contributed by atoms with E-state index in [2.05, 4.69) is 15.1 Å². The molecule has 0 aromatic carbocycles. The smallest absolute Gasteiger partial charge is 0.266 e. The fourth-order valence-corrected chi connectivity index (χ4v) is 3.89. The Morgan fingerprint density at radius 1 is 1.27 bits per heavy atom. The highest BCUT2D eigenvalue weighted by atomic mass is 32.1. The van der Waals surface area contributed by atoms with Gasteiger partial charge in [0.25, 0.3) is 5.91 Å². The lowest BCUT2D eigenvalue weighted by molar-refractivity contribution is 0.0732. The van der Waals surface area contributed by atoms with Crippen molar-refractivity contribution in [1.29, 1.82) is 0 Å².